The van der Waals surface area contributed by atoms with Gasteiger partial charge in [-0.2, -0.15) is 13.2 Å². The Balaban J connectivity index is 3.35. The first-order chi connectivity index (χ1) is 8.42. The number of carbonyl (C=O) groups excluding carboxylic acids is 1. The van der Waals surface area contributed by atoms with E-state index in [0.29, 0.717) is 10.8 Å². The molecule has 108 valence electrons. The van der Waals surface area contributed by atoms with Gasteiger partial charge in [-0.05, 0) is 6.07 Å². The molecule has 0 unspecified atom stereocenters. The maximum atomic E-state index is 12.4. The topological polar surface area (TPSA) is 59.4 Å². The van der Waals surface area contributed by atoms with E-state index in [4.69, 9.17) is 10.7 Å². The minimum atomic E-state index is -4.59. The molecule has 19 heavy (non-hydrogen) atoms. The second-order valence-corrected chi connectivity index (χ2v) is 6.51. The molecule has 1 aromatic rings. The fourth-order valence-electron chi connectivity index (χ4n) is 1.35. The molecule has 1 aromatic heterocycles. The normalized spacial score (nSPS) is 12.5. The molecule has 10 heteroatoms. The lowest BCUT2D eigenvalue weighted by Gasteiger charge is -2.14. The van der Waals surface area contributed by atoms with Gasteiger partial charge in [0.2, 0.25) is 0 Å². The van der Waals surface area contributed by atoms with Crippen molar-refractivity contribution in [2.24, 2.45) is 0 Å². The van der Waals surface area contributed by atoms with Gasteiger partial charge in [0, 0.05) is 31.0 Å². The molecular formula is C9H10ClF3N2O3S. The first-order valence-electron chi connectivity index (χ1n) is 4.85. The highest BCUT2D eigenvalue weighted by atomic mass is 35.7. The van der Waals surface area contributed by atoms with Crippen molar-refractivity contribution in [3.8, 4) is 0 Å². The highest BCUT2D eigenvalue weighted by Gasteiger charge is 2.31. The van der Waals surface area contributed by atoms with E-state index in [1.54, 1.807) is 0 Å². The van der Waals surface area contributed by atoms with Crippen LogP contribution in [0.2, 0.25) is 0 Å². The van der Waals surface area contributed by atoms with Crippen LogP contribution in [0.5, 0.6) is 0 Å². The molecule has 1 heterocycles. The van der Waals surface area contributed by atoms with E-state index >= 15 is 0 Å². The van der Waals surface area contributed by atoms with Crippen LogP contribution in [0.15, 0.2) is 17.2 Å². The molecule has 0 bridgehead atoms. The predicted molar refractivity (Wildman–Crippen MR) is 61.5 cm³/mol. The largest absolute Gasteiger partial charge is 0.406 e. The molecule has 0 spiro atoms. The Morgan fingerprint density at radius 2 is 1.95 bits per heavy atom. The standard InChI is InChI=1S/C9H10ClF3N2O3S/c1-14(2)8(16)7-3-6(19(10,17)18)4-15(7)5-9(11,12)13/h3-4H,5H2,1-2H3. The van der Waals surface area contributed by atoms with Crippen molar-refractivity contribution in [2.75, 3.05) is 14.1 Å². The minimum absolute atomic E-state index is 0.401. The zero-order chi connectivity index (χ0) is 15.0. The molecule has 0 saturated heterocycles. The Labute approximate surface area is 112 Å². The van der Waals surface area contributed by atoms with Crippen LogP contribution in [-0.2, 0) is 15.6 Å². The fraction of sp³-hybridized carbons (Fsp3) is 0.444. The van der Waals surface area contributed by atoms with Gasteiger partial charge >= 0.3 is 6.18 Å². The molecule has 0 N–H and O–H groups in total. The number of amides is 1. The molecule has 0 aliphatic heterocycles. The molecule has 0 fully saturated rings. The van der Waals surface area contributed by atoms with Crippen LogP contribution >= 0.6 is 10.7 Å². The maximum Gasteiger partial charge on any atom is 0.406 e. The lowest BCUT2D eigenvalue weighted by atomic mass is 10.4. The molecule has 0 aromatic carbocycles. The van der Waals surface area contributed by atoms with Gasteiger partial charge in [0.05, 0.1) is 0 Å². The summed E-state index contributed by atoms with van der Waals surface area (Å²) >= 11 is 0. The predicted octanol–water partition coefficient (Wildman–Crippen LogP) is 1.68. The van der Waals surface area contributed by atoms with Crippen molar-refractivity contribution < 1.29 is 26.4 Å². The van der Waals surface area contributed by atoms with Crippen LogP contribution in [0.4, 0.5) is 13.2 Å². The van der Waals surface area contributed by atoms with Crippen LogP contribution in [0.3, 0.4) is 0 Å². The Morgan fingerprint density at radius 3 is 2.32 bits per heavy atom. The first kappa shape index (κ1) is 15.8. The Hall–Kier alpha value is -1.22. The number of aromatic nitrogens is 1. The third-order valence-corrected chi connectivity index (χ3v) is 3.45. The third-order valence-electron chi connectivity index (χ3n) is 2.13. The zero-order valence-electron chi connectivity index (χ0n) is 9.90. The van der Waals surface area contributed by atoms with Crippen molar-refractivity contribution >= 4 is 25.6 Å². The number of carbonyl (C=O) groups is 1. The molecule has 0 saturated carbocycles. The molecule has 1 amide bonds. The Bertz CT molecular complexity index is 592. The average Bonchev–Trinajstić information content (AvgIpc) is 2.56. The summed E-state index contributed by atoms with van der Waals surface area (Å²) in [6.07, 6.45) is -3.90. The Morgan fingerprint density at radius 1 is 1.42 bits per heavy atom. The summed E-state index contributed by atoms with van der Waals surface area (Å²) in [6.45, 7) is -1.48. The van der Waals surface area contributed by atoms with E-state index in [1.807, 2.05) is 0 Å². The van der Waals surface area contributed by atoms with Crippen LogP contribution in [0.1, 0.15) is 10.5 Å². The van der Waals surface area contributed by atoms with Crippen molar-refractivity contribution in [3.63, 3.8) is 0 Å². The summed E-state index contributed by atoms with van der Waals surface area (Å²) in [5.74, 6) is -0.754. The number of hydrogen-bond donors (Lipinski definition) is 0. The van der Waals surface area contributed by atoms with Gasteiger partial charge in [0.25, 0.3) is 15.0 Å². The summed E-state index contributed by atoms with van der Waals surface area (Å²) in [5, 5.41) is 0. The van der Waals surface area contributed by atoms with Crippen LogP contribution in [0, 0.1) is 0 Å². The molecule has 5 nitrogen and oxygen atoms in total. The van der Waals surface area contributed by atoms with Crippen LogP contribution in [0.25, 0.3) is 0 Å². The van der Waals surface area contributed by atoms with Gasteiger partial charge in [-0.15, -0.1) is 0 Å². The van der Waals surface area contributed by atoms with E-state index in [2.05, 4.69) is 0 Å². The molecule has 0 aliphatic carbocycles. The monoisotopic (exact) mass is 318 g/mol. The maximum absolute atomic E-state index is 12.4. The van der Waals surface area contributed by atoms with E-state index in [9.17, 15) is 26.4 Å². The summed E-state index contributed by atoms with van der Waals surface area (Å²) in [4.78, 5) is 12.2. The van der Waals surface area contributed by atoms with E-state index in [-0.39, 0.29) is 0 Å². The van der Waals surface area contributed by atoms with Crippen molar-refractivity contribution in [1.29, 1.82) is 0 Å². The number of rotatable bonds is 3. The SMILES string of the molecule is CN(C)C(=O)c1cc(S(=O)(=O)Cl)cn1CC(F)(F)F. The molecule has 0 aliphatic rings. The lowest BCUT2D eigenvalue weighted by molar-refractivity contribution is -0.140. The van der Waals surface area contributed by atoms with Crippen molar-refractivity contribution in [1.82, 2.24) is 9.47 Å². The van der Waals surface area contributed by atoms with E-state index in [1.165, 1.54) is 14.1 Å². The highest BCUT2D eigenvalue weighted by Crippen LogP contribution is 2.24. The Kier molecular flexibility index (Phi) is 4.20. The minimum Gasteiger partial charge on any atom is -0.343 e. The molecular weight excluding hydrogens is 309 g/mol. The number of hydrogen-bond acceptors (Lipinski definition) is 3. The zero-order valence-corrected chi connectivity index (χ0v) is 11.5. The van der Waals surface area contributed by atoms with Gasteiger partial charge in [0.1, 0.15) is 17.1 Å². The molecule has 0 atom stereocenters. The number of nitrogens with zero attached hydrogens (tertiary/aromatic N) is 2. The van der Waals surface area contributed by atoms with Gasteiger partial charge in [-0.25, -0.2) is 8.42 Å². The lowest BCUT2D eigenvalue weighted by Crippen LogP contribution is -2.27. The summed E-state index contributed by atoms with van der Waals surface area (Å²) in [5.41, 5.74) is -0.401. The first-order valence-corrected chi connectivity index (χ1v) is 7.16. The highest BCUT2D eigenvalue weighted by molar-refractivity contribution is 8.13. The van der Waals surface area contributed by atoms with E-state index < -0.39 is 38.3 Å². The van der Waals surface area contributed by atoms with E-state index in [0.717, 1.165) is 11.0 Å². The van der Waals surface area contributed by atoms with Gasteiger partial charge in [-0.3, -0.25) is 4.79 Å². The van der Waals surface area contributed by atoms with Crippen LogP contribution in [-0.4, -0.2) is 44.1 Å². The molecule has 0 radical (unpaired) electrons. The van der Waals surface area contributed by atoms with Gasteiger partial charge in [0.15, 0.2) is 0 Å². The quantitative estimate of drug-likeness (QED) is 0.797. The second kappa shape index (κ2) is 5.04. The summed E-state index contributed by atoms with van der Waals surface area (Å²) < 4.78 is 59.8. The third kappa shape index (κ3) is 4.13. The summed E-state index contributed by atoms with van der Waals surface area (Å²) in [6, 6.07) is 0.816. The van der Waals surface area contributed by atoms with Crippen molar-refractivity contribution in [3.05, 3.63) is 18.0 Å². The van der Waals surface area contributed by atoms with Crippen LogP contribution < -0.4 is 0 Å². The molecule has 1 rings (SSSR count). The number of alkyl halides is 3. The summed E-state index contributed by atoms with van der Waals surface area (Å²) in [7, 11) is 3.52. The second-order valence-electron chi connectivity index (χ2n) is 3.94. The number of halogens is 4. The average molecular weight is 319 g/mol. The van der Waals surface area contributed by atoms with Gasteiger partial charge in [-0.1, -0.05) is 0 Å². The smallest absolute Gasteiger partial charge is 0.343 e. The van der Waals surface area contributed by atoms with Gasteiger partial charge < -0.3 is 9.47 Å². The van der Waals surface area contributed by atoms with Crippen molar-refractivity contribution in [2.45, 2.75) is 17.6 Å². The fourth-order valence-corrected chi connectivity index (χ4v) is 2.11.